The van der Waals surface area contributed by atoms with Crippen molar-refractivity contribution in [2.45, 2.75) is 73.3 Å². The van der Waals surface area contributed by atoms with Crippen LogP contribution in [-0.2, 0) is 38.1 Å². The highest BCUT2D eigenvalue weighted by Gasteiger charge is 2.32. The van der Waals surface area contributed by atoms with Gasteiger partial charge in [0.1, 0.15) is 17.3 Å². The van der Waals surface area contributed by atoms with Crippen LogP contribution >= 0.6 is 0 Å². The molecule has 1 N–H and O–H groups in total. The smallest absolute Gasteiger partial charge is 0.167 e. The lowest BCUT2D eigenvalue weighted by molar-refractivity contribution is 0.481. The van der Waals surface area contributed by atoms with Crippen LogP contribution in [0.4, 0.5) is 0 Å². The van der Waals surface area contributed by atoms with E-state index in [4.69, 9.17) is 0 Å². The Bertz CT molecular complexity index is 3980. The minimum Gasteiger partial charge on any atom is -0.507 e. The van der Waals surface area contributed by atoms with Crippen LogP contribution in [0.3, 0.4) is 0 Å². The van der Waals surface area contributed by atoms with E-state index in [1.165, 1.54) is 123 Å². The first-order chi connectivity index (χ1) is 38.2. The summed E-state index contributed by atoms with van der Waals surface area (Å²) < 4.78 is 0. The maximum atomic E-state index is 9.84. The minimum absolute atomic E-state index is 0.156. The van der Waals surface area contributed by atoms with Gasteiger partial charge in [0, 0.05) is 52.0 Å². The Kier molecular flexibility index (Phi) is 14.9. The molecule has 1 saturated heterocycles. The van der Waals surface area contributed by atoms with Crippen molar-refractivity contribution in [2.75, 3.05) is 11.5 Å². The molecule has 0 aliphatic carbocycles. The maximum Gasteiger partial charge on any atom is 0.167 e. The Morgan fingerprint density at radius 1 is 0.308 bits per heavy atom. The first kappa shape index (κ1) is 51.1. The van der Waals surface area contributed by atoms with E-state index < -0.39 is 0 Å². The fourth-order valence-electron chi connectivity index (χ4n) is 10.8. The number of aromatic hydroxyl groups is 1. The molecule has 0 aromatic heterocycles. The number of rotatable bonds is 7. The molecular weight excluding hydrogens is 1000 g/mol. The van der Waals surface area contributed by atoms with E-state index in [1.54, 1.807) is 0 Å². The van der Waals surface area contributed by atoms with Crippen LogP contribution in [0.5, 0.6) is 5.75 Å². The summed E-state index contributed by atoms with van der Waals surface area (Å²) in [6.07, 6.45) is 2.72. The number of hydrogen-bond donors (Lipinski definition) is 1. The summed E-state index contributed by atoms with van der Waals surface area (Å²) in [7, 11) is 0.0709. The molecule has 0 radical (unpaired) electrons. The summed E-state index contributed by atoms with van der Waals surface area (Å²) >= 11 is 0. The van der Waals surface area contributed by atoms with Gasteiger partial charge in [0.05, 0.1) is 21.8 Å². The van der Waals surface area contributed by atoms with Gasteiger partial charge in [-0.15, -0.1) is 0 Å². The first-order valence-electron chi connectivity index (χ1n) is 27.1. The van der Waals surface area contributed by atoms with Crippen molar-refractivity contribution in [3.63, 3.8) is 0 Å². The van der Waals surface area contributed by atoms with Gasteiger partial charge >= 0.3 is 0 Å². The molecule has 1 aliphatic heterocycles. The molecule has 78 heavy (non-hydrogen) atoms. The van der Waals surface area contributed by atoms with Gasteiger partial charge in [0.2, 0.25) is 0 Å². The molecule has 1 fully saturated rings. The van der Waals surface area contributed by atoms with Gasteiger partial charge in [-0.1, -0.05) is 172 Å². The molecule has 1 nitrogen and oxygen atoms in total. The largest absolute Gasteiger partial charge is 0.507 e. The van der Waals surface area contributed by atoms with Gasteiger partial charge in [0.15, 0.2) is 34.3 Å². The van der Waals surface area contributed by atoms with Crippen molar-refractivity contribution in [3.05, 3.63) is 279 Å². The molecule has 1 aliphatic rings. The quantitative estimate of drug-likeness (QED) is 0.158. The van der Waals surface area contributed by atoms with Crippen LogP contribution in [-0.4, -0.2) is 16.6 Å². The van der Waals surface area contributed by atoms with E-state index in [0.29, 0.717) is 16.6 Å². The summed E-state index contributed by atoms with van der Waals surface area (Å²) in [5.74, 6) is 3.06. The topological polar surface area (TPSA) is 20.2 Å². The van der Waals surface area contributed by atoms with E-state index in [0.717, 1.165) is 5.39 Å². The van der Waals surface area contributed by atoms with E-state index in [9.17, 15) is 5.11 Å². The molecule has 13 aromatic rings. The average Bonchev–Trinajstić information content (AvgIpc) is 4.07. The van der Waals surface area contributed by atoms with E-state index in [-0.39, 0.29) is 27.2 Å². The fourth-order valence-corrected chi connectivity index (χ4v) is 17.5. The van der Waals surface area contributed by atoms with Crippen molar-refractivity contribution in [1.82, 2.24) is 0 Å². The second kappa shape index (κ2) is 22.7. The minimum atomic E-state index is -0.183. The zero-order chi connectivity index (χ0) is 53.0. The van der Waals surface area contributed by atoms with Gasteiger partial charge in [-0.2, -0.15) is 0 Å². The van der Waals surface area contributed by atoms with Gasteiger partial charge in [-0.3, -0.25) is 0 Å². The van der Waals surface area contributed by atoms with Crippen molar-refractivity contribution in [3.8, 4) is 5.75 Å². The number of fused-ring (bicyclic) bond motifs is 6. The Hall–Kier alpha value is -7.73. The van der Waals surface area contributed by atoms with Crippen LogP contribution in [0.25, 0.3) is 64.6 Å². The molecule has 0 atom stereocenters. The van der Waals surface area contributed by atoms with E-state index in [1.807, 2.05) is 18.2 Å². The number of phenols is 1. The normalized spacial score (nSPS) is 12.8. The summed E-state index contributed by atoms with van der Waals surface area (Å²) in [5, 5.41) is 25.0. The number of benzene rings is 13. The van der Waals surface area contributed by atoms with Crippen LogP contribution in [0, 0.1) is 0 Å². The van der Waals surface area contributed by atoms with Gasteiger partial charge in [-0.25, -0.2) is 0 Å². The standard InChI is InChI=1S/C30H21S.C30H27S.C14H14OS/c1-4-10-25-19-28(16-13-22(25)7-1)31(29-17-14-23-8-2-5-11-26(23)20-29)30-18-15-24-9-3-6-12-27(24)21-30;1-30(2,3)26-14-18-27(19-15-26)31(28-16-12-22-8-4-6-10-24(22)20-28)29-17-13-23-9-5-7-11-25(23)21-29;15-13-7-8-14(16-9-3-4-10-16)12-6-2-1-5-11(12)13/h1-21H;4-21H,1-3H3;1-2,5-8H,3-4,9-10H2/q2*+1;/p+1. The third-order valence-electron chi connectivity index (χ3n) is 14.9. The van der Waals surface area contributed by atoms with Crippen LogP contribution < -0.4 is 0 Å². The third-order valence-corrected chi connectivity index (χ3v) is 21.9. The monoisotopic (exact) mass is 1060 g/mol. The summed E-state index contributed by atoms with van der Waals surface area (Å²) in [6, 6.07) is 99.2. The second-order valence-electron chi connectivity index (χ2n) is 21.2. The molecule has 0 unspecified atom stereocenters. The predicted octanol–water partition coefficient (Wildman–Crippen LogP) is 19.9. The van der Waals surface area contributed by atoms with Gasteiger partial charge in [-0.05, 0) is 169 Å². The Labute approximate surface area is 468 Å². The first-order valence-corrected chi connectivity index (χ1v) is 31.1. The SMILES string of the molecule is CC(C)(C)c1ccc([S+](c2ccc3ccccc3c2)c2ccc3ccccc3c2)cc1.Oc1ccc([S+]2CCCC2)c2ccccc12.c1ccc2cc([S+](c3ccc4ccccc4c3)c3ccc4ccccc4c3)ccc2c1. The highest BCUT2D eigenvalue weighted by molar-refractivity contribution is 7.97. The zero-order valence-electron chi connectivity index (χ0n) is 44.5. The molecule has 0 amide bonds. The molecule has 0 bridgehead atoms. The lowest BCUT2D eigenvalue weighted by Gasteiger charge is -2.19. The zero-order valence-corrected chi connectivity index (χ0v) is 46.9. The van der Waals surface area contributed by atoms with Crippen LogP contribution in [0.1, 0.15) is 39.2 Å². The number of hydrogen-bond acceptors (Lipinski definition) is 1. The average molecular weight is 1060 g/mol. The van der Waals surface area contributed by atoms with Gasteiger partial charge < -0.3 is 5.11 Å². The molecule has 0 spiro atoms. The molecule has 14 rings (SSSR count). The molecule has 380 valence electrons. The van der Waals surface area contributed by atoms with Crippen molar-refractivity contribution in [1.29, 1.82) is 0 Å². The lowest BCUT2D eigenvalue weighted by Crippen LogP contribution is -2.11. The van der Waals surface area contributed by atoms with Crippen LogP contribution in [0.2, 0.25) is 0 Å². The highest BCUT2D eigenvalue weighted by atomic mass is 32.2. The number of phenolic OH excluding ortho intramolecular Hbond substituents is 1. The fraction of sp³-hybridized carbons (Fsp3) is 0.108. The van der Waals surface area contributed by atoms with Crippen molar-refractivity contribution >= 4 is 97.3 Å². The third kappa shape index (κ3) is 11.0. The molecule has 0 saturated carbocycles. The maximum absolute atomic E-state index is 9.84. The predicted molar refractivity (Wildman–Crippen MR) is 339 cm³/mol. The lowest BCUT2D eigenvalue weighted by atomic mass is 9.87. The Balaban J connectivity index is 0.000000123. The van der Waals surface area contributed by atoms with E-state index in [2.05, 4.69) is 276 Å². The molecule has 13 aromatic carbocycles. The van der Waals surface area contributed by atoms with Gasteiger partial charge in [0.25, 0.3) is 0 Å². The van der Waals surface area contributed by atoms with Crippen LogP contribution in [0.15, 0.2) is 307 Å². The second-order valence-corrected chi connectivity index (χ2v) is 27.5. The molecule has 1 heterocycles. The summed E-state index contributed by atoms with van der Waals surface area (Å²) in [6.45, 7) is 6.82. The van der Waals surface area contributed by atoms with Crippen molar-refractivity contribution in [2.24, 2.45) is 0 Å². The highest BCUT2D eigenvalue weighted by Crippen LogP contribution is 2.39. The Morgan fingerprint density at radius 2 is 0.603 bits per heavy atom. The molecular formula is C74H63OS3+3. The van der Waals surface area contributed by atoms with E-state index >= 15 is 0 Å². The van der Waals surface area contributed by atoms with Crippen molar-refractivity contribution < 1.29 is 5.11 Å². The summed E-state index contributed by atoms with van der Waals surface area (Å²) in [5.41, 5.74) is 1.53. The Morgan fingerprint density at radius 3 is 0.949 bits per heavy atom. The molecule has 4 heteroatoms. The summed E-state index contributed by atoms with van der Waals surface area (Å²) in [4.78, 5) is 9.58.